The summed E-state index contributed by atoms with van der Waals surface area (Å²) in [5.74, 6) is -0.446. The summed E-state index contributed by atoms with van der Waals surface area (Å²) in [4.78, 5) is 22.8. The Morgan fingerprint density at radius 1 is 1.56 bits per heavy atom. The molecule has 0 aliphatic carbocycles. The molecule has 0 aromatic carbocycles. The van der Waals surface area contributed by atoms with E-state index in [4.69, 9.17) is 5.73 Å². The SMILES string of the molecule is Cl.Cn1nccc1[C@]1(CN)NC(=O)NC1=O. The number of imide groups is 1. The van der Waals surface area contributed by atoms with Gasteiger partial charge in [0.2, 0.25) is 0 Å². The number of carbonyl (C=O) groups excluding carboxylic acids is 2. The first-order chi connectivity index (χ1) is 7.10. The van der Waals surface area contributed by atoms with Crippen molar-refractivity contribution in [1.82, 2.24) is 20.4 Å². The van der Waals surface area contributed by atoms with Crippen molar-refractivity contribution >= 4 is 24.3 Å². The van der Waals surface area contributed by atoms with E-state index in [1.165, 1.54) is 4.68 Å². The molecule has 1 saturated heterocycles. The highest BCUT2D eigenvalue weighted by molar-refractivity contribution is 6.07. The molecule has 7 nitrogen and oxygen atoms in total. The lowest BCUT2D eigenvalue weighted by Gasteiger charge is -2.23. The molecule has 8 heteroatoms. The number of aromatic nitrogens is 2. The van der Waals surface area contributed by atoms with Gasteiger partial charge in [0.15, 0.2) is 5.54 Å². The molecule has 16 heavy (non-hydrogen) atoms. The number of nitrogens with two attached hydrogens (primary N) is 1. The van der Waals surface area contributed by atoms with Crippen LogP contribution in [0.3, 0.4) is 0 Å². The van der Waals surface area contributed by atoms with Gasteiger partial charge in [-0.05, 0) is 6.07 Å². The zero-order chi connectivity index (χ0) is 11.1. The van der Waals surface area contributed by atoms with Crippen LogP contribution < -0.4 is 16.4 Å². The summed E-state index contributed by atoms with van der Waals surface area (Å²) < 4.78 is 1.51. The molecule has 1 fully saturated rings. The maximum Gasteiger partial charge on any atom is 0.322 e. The Hall–Kier alpha value is -1.60. The van der Waals surface area contributed by atoms with Crippen LogP contribution in [0.5, 0.6) is 0 Å². The van der Waals surface area contributed by atoms with E-state index in [1.807, 2.05) is 0 Å². The van der Waals surface area contributed by atoms with Gasteiger partial charge in [-0.1, -0.05) is 0 Å². The minimum atomic E-state index is -1.19. The van der Waals surface area contributed by atoms with E-state index in [9.17, 15) is 9.59 Å². The highest BCUT2D eigenvalue weighted by atomic mass is 35.5. The van der Waals surface area contributed by atoms with Gasteiger partial charge < -0.3 is 11.1 Å². The van der Waals surface area contributed by atoms with Gasteiger partial charge in [-0.15, -0.1) is 12.4 Å². The minimum Gasteiger partial charge on any atom is -0.327 e. The summed E-state index contributed by atoms with van der Waals surface area (Å²) in [5.41, 5.74) is 4.94. The molecule has 2 rings (SSSR count). The summed E-state index contributed by atoms with van der Waals surface area (Å²) in [6.45, 7) is -0.00981. The quantitative estimate of drug-likeness (QED) is 0.572. The molecule has 1 aromatic heterocycles. The fourth-order valence-corrected chi connectivity index (χ4v) is 1.71. The van der Waals surface area contributed by atoms with E-state index in [2.05, 4.69) is 15.7 Å². The Morgan fingerprint density at radius 2 is 2.25 bits per heavy atom. The third-order valence-corrected chi connectivity index (χ3v) is 2.51. The Bertz CT molecular complexity index is 432. The number of nitrogens with zero attached hydrogens (tertiary/aromatic N) is 2. The van der Waals surface area contributed by atoms with E-state index >= 15 is 0 Å². The van der Waals surface area contributed by atoms with Crippen LogP contribution in [0.25, 0.3) is 0 Å². The standard InChI is InChI=1S/C8H11N5O2.ClH/c1-13-5(2-3-10-13)8(4-9)6(14)11-7(15)12-8;/h2-3H,4,9H2,1H3,(H2,11,12,14,15);1H/t8-;/m0./s1. The molecule has 3 amide bonds. The average molecular weight is 246 g/mol. The van der Waals surface area contributed by atoms with Crippen molar-refractivity contribution in [1.29, 1.82) is 0 Å². The van der Waals surface area contributed by atoms with Crippen LogP contribution in [0.15, 0.2) is 12.3 Å². The van der Waals surface area contributed by atoms with E-state index in [0.717, 1.165) is 0 Å². The summed E-state index contributed by atoms with van der Waals surface area (Å²) in [6.07, 6.45) is 1.55. The fourth-order valence-electron chi connectivity index (χ4n) is 1.71. The van der Waals surface area contributed by atoms with Crippen molar-refractivity contribution in [3.05, 3.63) is 18.0 Å². The van der Waals surface area contributed by atoms with Crippen molar-refractivity contribution in [2.45, 2.75) is 5.54 Å². The molecule has 0 spiro atoms. The summed E-state index contributed by atoms with van der Waals surface area (Å²) >= 11 is 0. The van der Waals surface area contributed by atoms with Crippen molar-refractivity contribution in [3.8, 4) is 0 Å². The van der Waals surface area contributed by atoms with Crippen molar-refractivity contribution < 1.29 is 9.59 Å². The second-order valence-corrected chi connectivity index (χ2v) is 3.36. The molecule has 0 unspecified atom stereocenters. The van der Waals surface area contributed by atoms with Crippen molar-refractivity contribution in [2.24, 2.45) is 12.8 Å². The molecule has 4 N–H and O–H groups in total. The molecular weight excluding hydrogens is 234 g/mol. The second kappa shape index (κ2) is 4.11. The molecule has 88 valence electrons. The average Bonchev–Trinajstić information content (AvgIpc) is 2.71. The molecular formula is C8H12ClN5O2. The molecule has 2 heterocycles. The summed E-state index contributed by atoms with van der Waals surface area (Å²) in [7, 11) is 1.69. The van der Waals surface area contributed by atoms with E-state index in [-0.39, 0.29) is 19.0 Å². The first kappa shape index (κ1) is 12.5. The Balaban J connectivity index is 0.00000128. The Labute approximate surface area is 97.8 Å². The maximum atomic E-state index is 11.7. The summed E-state index contributed by atoms with van der Waals surface area (Å²) in [5, 5.41) is 8.63. The molecule has 0 radical (unpaired) electrons. The molecule has 0 saturated carbocycles. The van der Waals surface area contributed by atoms with Gasteiger partial charge in [0.05, 0.1) is 5.69 Å². The van der Waals surface area contributed by atoms with Crippen molar-refractivity contribution in [3.63, 3.8) is 0 Å². The number of hydrogen-bond acceptors (Lipinski definition) is 4. The van der Waals surface area contributed by atoms with Gasteiger partial charge in [-0.3, -0.25) is 14.8 Å². The molecule has 1 aliphatic heterocycles. The van der Waals surface area contributed by atoms with E-state index in [0.29, 0.717) is 5.69 Å². The smallest absolute Gasteiger partial charge is 0.322 e. The molecule has 1 atom stereocenters. The van der Waals surface area contributed by atoms with Gasteiger partial charge in [0, 0.05) is 19.8 Å². The van der Waals surface area contributed by atoms with Gasteiger partial charge in [-0.25, -0.2) is 4.79 Å². The number of hydrogen-bond donors (Lipinski definition) is 3. The topological polar surface area (TPSA) is 102 Å². The van der Waals surface area contributed by atoms with Gasteiger partial charge >= 0.3 is 6.03 Å². The van der Waals surface area contributed by atoms with Gasteiger partial charge in [0.1, 0.15) is 0 Å². The van der Waals surface area contributed by atoms with Crippen LogP contribution in [0, 0.1) is 0 Å². The number of rotatable bonds is 2. The zero-order valence-corrected chi connectivity index (χ0v) is 9.37. The largest absolute Gasteiger partial charge is 0.327 e. The lowest BCUT2D eigenvalue weighted by molar-refractivity contribution is -0.124. The minimum absolute atomic E-state index is 0. The normalized spacial score (nSPS) is 23.6. The van der Waals surface area contributed by atoms with Crippen molar-refractivity contribution in [2.75, 3.05) is 6.54 Å². The predicted molar refractivity (Wildman–Crippen MR) is 57.9 cm³/mol. The lowest BCUT2D eigenvalue weighted by atomic mass is 9.95. The Morgan fingerprint density at radius 3 is 2.62 bits per heavy atom. The molecule has 1 aliphatic rings. The summed E-state index contributed by atoms with van der Waals surface area (Å²) in [6, 6.07) is 1.12. The highest BCUT2D eigenvalue weighted by Crippen LogP contribution is 2.22. The molecule has 0 bridgehead atoms. The van der Waals surface area contributed by atoms with Crippen LogP contribution in [-0.4, -0.2) is 28.3 Å². The predicted octanol–water partition coefficient (Wildman–Crippen LogP) is -1.16. The monoisotopic (exact) mass is 245 g/mol. The number of halogens is 1. The fraction of sp³-hybridized carbons (Fsp3) is 0.375. The second-order valence-electron chi connectivity index (χ2n) is 3.36. The van der Waals surface area contributed by atoms with Crippen LogP contribution in [0.1, 0.15) is 5.69 Å². The van der Waals surface area contributed by atoms with Crippen LogP contribution in [0.4, 0.5) is 4.79 Å². The van der Waals surface area contributed by atoms with Gasteiger partial charge in [0.25, 0.3) is 5.91 Å². The first-order valence-electron chi connectivity index (χ1n) is 4.42. The Kier molecular flexibility index (Phi) is 3.20. The van der Waals surface area contributed by atoms with Crippen LogP contribution in [-0.2, 0) is 17.4 Å². The van der Waals surface area contributed by atoms with Crippen LogP contribution >= 0.6 is 12.4 Å². The molecule has 1 aromatic rings. The van der Waals surface area contributed by atoms with E-state index < -0.39 is 17.5 Å². The highest BCUT2D eigenvalue weighted by Gasteiger charge is 2.48. The van der Waals surface area contributed by atoms with Crippen LogP contribution in [0.2, 0.25) is 0 Å². The lowest BCUT2D eigenvalue weighted by Crippen LogP contribution is -2.51. The first-order valence-corrected chi connectivity index (χ1v) is 4.42. The van der Waals surface area contributed by atoms with E-state index in [1.54, 1.807) is 19.3 Å². The third kappa shape index (κ3) is 1.54. The maximum absolute atomic E-state index is 11.7. The van der Waals surface area contributed by atoms with Gasteiger partial charge in [-0.2, -0.15) is 5.10 Å². The number of carbonyl (C=O) groups is 2. The number of aryl methyl sites for hydroxylation is 1. The zero-order valence-electron chi connectivity index (χ0n) is 8.56. The number of amides is 3. The number of urea groups is 1. The number of nitrogens with one attached hydrogen (secondary N) is 2. The third-order valence-electron chi connectivity index (χ3n) is 2.51.